The molecule has 9 unspecified atom stereocenters. The lowest BCUT2D eigenvalue weighted by Crippen LogP contribution is -2.51. The average molecular weight is 547 g/mol. The van der Waals surface area contributed by atoms with E-state index in [2.05, 4.69) is 40.7 Å². The summed E-state index contributed by atoms with van der Waals surface area (Å²) >= 11 is 1.37. The van der Waals surface area contributed by atoms with E-state index in [1.807, 2.05) is 0 Å². The summed E-state index contributed by atoms with van der Waals surface area (Å²) in [4.78, 5) is 23.5. The highest BCUT2D eigenvalue weighted by Gasteiger charge is 2.59. The van der Waals surface area contributed by atoms with Crippen LogP contribution in [0.25, 0.3) is 0 Å². The van der Waals surface area contributed by atoms with Crippen LogP contribution < -0.4 is 0 Å². The van der Waals surface area contributed by atoms with E-state index >= 15 is 0 Å². The van der Waals surface area contributed by atoms with E-state index in [9.17, 15) is 9.59 Å². The molecule has 3 fully saturated rings. The van der Waals surface area contributed by atoms with Crippen molar-refractivity contribution in [1.82, 2.24) is 0 Å². The number of hydrogen-bond acceptors (Lipinski definition) is 4. The SMILES string of the molecule is CC(C)CCCC(C)C1CCC2C3CC=C4CC(OC(=O)CSCC(C)C(=O)O)CCC4(C)C3CCC12C. The summed E-state index contributed by atoms with van der Waals surface area (Å²) in [7, 11) is 0. The fraction of sp³-hybridized carbons (Fsp3) is 0.879. The summed E-state index contributed by atoms with van der Waals surface area (Å²) in [5.74, 6) is 4.27. The number of carbonyl (C=O) groups is 2. The monoisotopic (exact) mass is 546 g/mol. The molecule has 4 nitrogen and oxygen atoms in total. The van der Waals surface area contributed by atoms with E-state index in [1.54, 1.807) is 12.5 Å². The van der Waals surface area contributed by atoms with Crippen molar-refractivity contribution in [3.05, 3.63) is 11.6 Å². The fourth-order valence-electron chi connectivity index (χ4n) is 9.36. The maximum absolute atomic E-state index is 12.5. The van der Waals surface area contributed by atoms with Crippen LogP contribution in [0.3, 0.4) is 0 Å². The van der Waals surface area contributed by atoms with Gasteiger partial charge in [-0.15, -0.1) is 11.8 Å². The minimum atomic E-state index is -0.813. The lowest BCUT2D eigenvalue weighted by molar-refractivity contribution is -0.148. The number of carbonyl (C=O) groups excluding carboxylic acids is 1. The van der Waals surface area contributed by atoms with Gasteiger partial charge in [-0.1, -0.05) is 72.5 Å². The second-order valence-corrected chi connectivity index (χ2v) is 15.4. The molecule has 1 N–H and O–H groups in total. The number of hydrogen-bond donors (Lipinski definition) is 1. The Bertz CT molecular complexity index is 882. The minimum Gasteiger partial charge on any atom is -0.481 e. The lowest BCUT2D eigenvalue weighted by Gasteiger charge is -2.58. The van der Waals surface area contributed by atoms with Gasteiger partial charge in [0.1, 0.15) is 6.10 Å². The van der Waals surface area contributed by atoms with E-state index in [1.165, 1.54) is 63.1 Å². The zero-order valence-corrected chi connectivity index (χ0v) is 25.8. The molecular weight excluding hydrogens is 492 g/mol. The van der Waals surface area contributed by atoms with Gasteiger partial charge in [0.2, 0.25) is 0 Å². The summed E-state index contributed by atoms with van der Waals surface area (Å²) in [6.45, 7) is 14.1. The van der Waals surface area contributed by atoms with Crippen molar-refractivity contribution in [2.75, 3.05) is 11.5 Å². The first-order valence-corrected chi connectivity index (χ1v) is 16.8. The molecule has 0 heterocycles. The molecule has 0 spiro atoms. The van der Waals surface area contributed by atoms with Crippen LogP contribution >= 0.6 is 11.8 Å². The molecule has 0 bridgehead atoms. The smallest absolute Gasteiger partial charge is 0.316 e. The minimum absolute atomic E-state index is 0.0210. The summed E-state index contributed by atoms with van der Waals surface area (Å²) in [5, 5.41) is 9.04. The predicted octanol–water partition coefficient (Wildman–Crippen LogP) is 8.39. The largest absolute Gasteiger partial charge is 0.481 e. The standard InChI is InChI=1S/C33H54O4S/c1-21(2)8-7-9-22(3)27-12-13-28-26-11-10-24-18-25(37-30(34)20-38-19-23(4)31(35)36)14-16-32(24,5)29(26)15-17-33(27,28)6/h10,21-23,25-29H,7-9,11-20H2,1-6H3,(H,35,36). The molecule has 3 saturated carbocycles. The molecule has 0 aliphatic heterocycles. The molecule has 0 amide bonds. The molecule has 216 valence electrons. The molecule has 4 aliphatic rings. The third-order valence-corrected chi connectivity index (χ3v) is 12.7. The number of aliphatic carboxylic acids is 1. The van der Waals surface area contributed by atoms with Crippen LogP contribution in [-0.4, -0.2) is 34.7 Å². The van der Waals surface area contributed by atoms with Crippen molar-refractivity contribution >= 4 is 23.7 Å². The van der Waals surface area contributed by atoms with Crippen LogP contribution in [0.15, 0.2) is 11.6 Å². The summed E-state index contributed by atoms with van der Waals surface area (Å²) < 4.78 is 5.89. The van der Waals surface area contributed by atoms with E-state index in [-0.39, 0.29) is 23.2 Å². The molecule has 0 aromatic heterocycles. The van der Waals surface area contributed by atoms with E-state index in [0.29, 0.717) is 11.2 Å². The lowest BCUT2D eigenvalue weighted by atomic mass is 9.47. The van der Waals surface area contributed by atoms with Crippen molar-refractivity contribution in [1.29, 1.82) is 0 Å². The van der Waals surface area contributed by atoms with Gasteiger partial charge in [-0.2, -0.15) is 0 Å². The van der Waals surface area contributed by atoms with Crippen molar-refractivity contribution < 1.29 is 19.4 Å². The fourth-order valence-corrected chi connectivity index (χ4v) is 10.2. The molecule has 5 heteroatoms. The van der Waals surface area contributed by atoms with Crippen LogP contribution in [-0.2, 0) is 14.3 Å². The van der Waals surface area contributed by atoms with Gasteiger partial charge in [0, 0.05) is 12.2 Å². The van der Waals surface area contributed by atoms with Crippen molar-refractivity contribution in [3.63, 3.8) is 0 Å². The highest BCUT2D eigenvalue weighted by atomic mass is 32.2. The van der Waals surface area contributed by atoms with Crippen LogP contribution in [0.1, 0.15) is 112 Å². The number of allylic oxidation sites excluding steroid dienone is 1. The van der Waals surface area contributed by atoms with Gasteiger partial charge in [0.15, 0.2) is 0 Å². The number of rotatable bonds is 11. The van der Waals surface area contributed by atoms with E-state index in [4.69, 9.17) is 9.84 Å². The van der Waals surface area contributed by atoms with E-state index in [0.717, 1.165) is 54.8 Å². The first-order valence-electron chi connectivity index (χ1n) is 15.6. The Balaban J connectivity index is 1.34. The number of thioether (sulfide) groups is 1. The average Bonchev–Trinajstić information content (AvgIpc) is 3.21. The Morgan fingerprint density at radius 2 is 1.82 bits per heavy atom. The summed E-state index contributed by atoms with van der Waals surface area (Å²) in [5.41, 5.74) is 2.33. The quantitative estimate of drug-likeness (QED) is 0.208. The van der Waals surface area contributed by atoms with Crippen molar-refractivity contribution in [2.45, 2.75) is 118 Å². The van der Waals surface area contributed by atoms with Gasteiger partial charge in [-0.3, -0.25) is 9.59 Å². The zero-order chi connectivity index (χ0) is 27.7. The highest BCUT2D eigenvalue weighted by Crippen LogP contribution is 2.67. The van der Waals surface area contributed by atoms with Gasteiger partial charge < -0.3 is 9.84 Å². The van der Waals surface area contributed by atoms with Crippen molar-refractivity contribution in [2.24, 2.45) is 52.3 Å². The summed E-state index contributed by atoms with van der Waals surface area (Å²) in [6, 6.07) is 0. The first kappa shape index (κ1) is 30.0. The molecule has 4 aliphatic carbocycles. The van der Waals surface area contributed by atoms with Gasteiger partial charge in [0.25, 0.3) is 0 Å². The zero-order valence-electron chi connectivity index (χ0n) is 25.0. The van der Waals surface area contributed by atoms with Gasteiger partial charge in [-0.25, -0.2) is 0 Å². The molecule has 0 saturated heterocycles. The second kappa shape index (κ2) is 12.3. The third-order valence-electron chi connectivity index (χ3n) is 11.6. The van der Waals surface area contributed by atoms with Crippen molar-refractivity contribution in [3.8, 4) is 0 Å². The molecular formula is C33H54O4S. The molecule has 0 aromatic carbocycles. The van der Waals surface area contributed by atoms with Crippen LogP contribution in [0.5, 0.6) is 0 Å². The number of esters is 1. The number of carboxylic acids is 1. The number of fused-ring (bicyclic) bond motifs is 5. The topological polar surface area (TPSA) is 63.6 Å². The highest BCUT2D eigenvalue weighted by molar-refractivity contribution is 7.99. The summed E-state index contributed by atoms with van der Waals surface area (Å²) in [6.07, 6.45) is 16.5. The van der Waals surface area contributed by atoms with Gasteiger partial charge >= 0.3 is 11.9 Å². The van der Waals surface area contributed by atoms with E-state index < -0.39 is 11.9 Å². The maximum Gasteiger partial charge on any atom is 0.316 e. The molecule has 38 heavy (non-hydrogen) atoms. The Kier molecular flexibility index (Phi) is 9.69. The van der Waals surface area contributed by atoms with Crippen LogP contribution in [0.2, 0.25) is 0 Å². The van der Waals surface area contributed by atoms with Gasteiger partial charge in [-0.05, 0) is 91.3 Å². The Hall–Kier alpha value is -0.970. The maximum atomic E-state index is 12.5. The Morgan fingerprint density at radius 3 is 2.53 bits per heavy atom. The first-order chi connectivity index (χ1) is 18.0. The second-order valence-electron chi connectivity index (χ2n) is 14.4. The molecule has 9 atom stereocenters. The normalized spacial score (nSPS) is 38.0. The molecule has 4 rings (SSSR count). The molecule has 0 radical (unpaired) electrons. The molecule has 0 aromatic rings. The number of ether oxygens (including phenoxy) is 1. The van der Waals surface area contributed by atoms with Crippen LogP contribution in [0.4, 0.5) is 0 Å². The van der Waals surface area contributed by atoms with Crippen LogP contribution in [0, 0.1) is 52.3 Å². The Morgan fingerprint density at radius 1 is 1.05 bits per heavy atom. The Labute approximate surface area is 236 Å². The number of carboxylic acid groups (broad SMARTS) is 1. The predicted molar refractivity (Wildman–Crippen MR) is 157 cm³/mol. The van der Waals surface area contributed by atoms with Gasteiger partial charge in [0.05, 0.1) is 11.7 Å². The third kappa shape index (κ3) is 6.18.